The van der Waals surface area contributed by atoms with E-state index in [0.29, 0.717) is 6.07 Å². The molecule has 7 heteroatoms. The Hall–Kier alpha value is -2.83. The summed E-state index contributed by atoms with van der Waals surface area (Å²) in [4.78, 5) is 22.2. The summed E-state index contributed by atoms with van der Waals surface area (Å²) in [6, 6.07) is 6.72. The van der Waals surface area contributed by atoms with Crippen molar-refractivity contribution >= 4 is 17.3 Å². The molecule has 0 aliphatic heterocycles. The standard InChI is InChI=1S/C14H10F2N2O3/c1-8-12(3-2-4-13(8)18(20)21)17-14(19)10-6-5-9(15)7-11(10)16/h2-7H,1H3,(H,17,19). The van der Waals surface area contributed by atoms with Crippen molar-refractivity contribution in [3.63, 3.8) is 0 Å². The first-order chi connectivity index (χ1) is 9.90. The molecule has 0 spiro atoms. The Labute approximate surface area is 118 Å². The fourth-order valence-corrected chi connectivity index (χ4v) is 1.82. The summed E-state index contributed by atoms with van der Waals surface area (Å²) in [5.41, 5.74) is -0.0639. The van der Waals surface area contributed by atoms with Gasteiger partial charge in [-0.05, 0) is 25.1 Å². The largest absolute Gasteiger partial charge is 0.321 e. The second kappa shape index (κ2) is 5.66. The quantitative estimate of drug-likeness (QED) is 0.695. The van der Waals surface area contributed by atoms with E-state index in [2.05, 4.69) is 5.32 Å². The Morgan fingerprint density at radius 1 is 1.24 bits per heavy atom. The number of rotatable bonds is 3. The number of benzene rings is 2. The molecule has 0 saturated carbocycles. The molecule has 0 saturated heterocycles. The molecule has 0 aliphatic rings. The summed E-state index contributed by atoms with van der Waals surface area (Å²) in [7, 11) is 0. The zero-order valence-corrected chi connectivity index (χ0v) is 10.9. The molecule has 0 atom stereocenters. The van der Waals surface area contributed by atoms with Crippen molar-refractivity contribution in [2.75, 3.05) is 5.32 Å². The first-order valence-electron chi connectivity index (χ1n) is 5.90. The lowest BCUT2D eigenvalue weighted by Gasteiger charge is -2.09. The van der Waals surface area contributed by atoms with Crippen LogP contribution in [0.1, 0.15) is 15.9 Å². The molecule has 108 valence electrons. The second-order valence-corrected chi connectivity index (χ2v) is 4.29. The molecular formula is C14H10F2N2O3. The molecule has 5 nitrogen and oxygen atoms in total. The van der Waals surface area contributed by atoms with Gasteiger partial charge in [-0.25, -0.2) is 8.78 Å². The highest BCUT2D eigenvalue weighted by atomic mass is 19.1. The number of nitrogens with one attached hydrogen (secondary N) is 1. The lowest BCUT2D eigenvalue weighted by Crippen LogP contribution is -2.15. The average Bonchev–Trinajstić information content (AvgIpc) is 2.40. The normalized spacial score (nSPS) is 10.2. The number of hydrogen-bond acceptors (Lipinski definition) is 3. The molecule has 2 aromatic rings. The molecule has 1 N–H and O–H groups in total. The number of hydrogen-bond donors (Lipinski definition) is 1. The minimum Gasteiger partial charge on any atom is -0.321 e. The molecule has 1 amide bonds. The van der Waals surface area contributed by atoms with Crippen LogP contribution in [0.15, 0.2) is 36.4 Å². The van der Waals surface area contributed by atoms with E-state index in [0.717, 1.165) is 12.1 Å². The van der Waals surface area contributed by atoms with Gasteiger partial charge in [-0.15, -0.1) is 0 Å². The molecule has 21 heavy (non-hydrogen) atoms. The van der Waals surface area contributed by atoms with E-state index in [1.807, 2.05) is 0 Å². The van der Waals surface area contributed by atoms with Crippen molar-refractivity contribution in [2.45, 2.75) is 6.92 Å². The molecule has 2 rings (SSSR count). The van der Waals surface area contributed by atoms with Crippen LogP contribution >= 0.6 is 0 Å². The first kappa shape index (κ1) is 14.6. The highest BCUT2D eigenvalue weighted by Crippen LogP contribution is 2.25. The summed E-state index contributed by atoms with van der Waals surface area (Å²) in [6.07, 6.45) is 0. The van der Waals surface area contributed by atoms with Crippen LogP contribution < -0.4 is 5.32 Å². The highest BCUT2D eigenvalue weighted by molar-refractivity contribution is 6.05. The molecule has 0 aliphatic carbocycles. The molecule has 0 aromatic heterocycles. The van der Waals surface area contributed by atoms with Gasteiger partial charge in [-0.2, -0.15) is 0 Å². The molecule has 0 unspecified atom stereocenters. The van der Waals surface area contributed by atoms with Gasteiger partial charge < -0.3 is 5.32 Å². The minimum absolute atomic E-state index is 0.160. The summed E-state index contributed by atoms with van der Waals surface area (Å²) in [5, 5.41) is 13.2. The number of carbonyl (C=O) groups is 1. The Bertz CT molecular complexity index is 732. The number of nitro groups is 1. The molecular weight excluding hydrogens is 282 g/mol. The lowest BCUT2D eigenvalue weighted by atomic mass is 10.1. The van der Waals surface area contributed by atoms with Crippen molar-refractivity contribution in [2.24, 2.45) is 0 Å². The predicted molar refractivity (Wildman–Crippen MR) is 72.1 cm³/mol. The highest BCUT2D eigenvalue weighted by Gasteiger charge is 2.17. The van der Waals surface area contributed by atoms with Crippen LogP contribution in [0.5, 0.6) is 0 Å². The fraction of sp³-hybridized carbons (Fsp3) is 0.0714. The van der Waals surface area contributed by atoms with Crippen molar-refractivity contribution in [1.82, 2.24) is 0 Å². The Morgan fingerprint density at radius 2 is 1.95 bits per heavy atom. The summed E-state index contributed by atoms with van der Waals surface area (Å²) >= 11 is 0. The maximum atomic E-state index is 13.5. The summed E-state index contributed by atoms with van der Waals surface area (Å²) in [5.74, 6) is -2.61. The Morgan fingerprint density at radius 3 is 2.57 bits per heavy atom. The van der Waals surface area contributed by atoms with Gasteiger partial charge in [0.2, 0.25) is 0 Å². The van der Waals surface area contributed by atoms with Crippen LogP contribution in [-0.2, 0) is 0 Å². The van der Waals surface area contributed by atoms with Gasteiger partial charge in [0, 0.05) is 12.1 Å². The van der Waals surface area contributed by atoms with E-state index in [1.165, 1.54) is 25.1 Å². The van der Waals surface area contributed by atoms with Gasteiger partial charge in [0.1, 0.15) is 11.6 Å². The predicted octanol–water partition coefficient (Wildman–Crippen LogP) is 3.43. The molecule has 0 bridgehead atoms. The third-order valence-corrected chi connectivity index (χ3v) is 2.93. The summed E-state index contributed by atoms with van der Waals surface area (Å²) in [6.45, 7) is 1.47. The van der Waals surface area contributed by atoms with Crippen LogP contribution in [0.2, 0.25) is 0 Å². The van der Waals surface area contributed by atoms with E-state index in [9.17, 15) is 23.7 Å². The number of amides is 1. The van der Waals surface area contributed by atoms with Crippen molar-refractivity contribution in [3.8, 4) is 0 Å². The van der Waals surface area contributed by atoms with Crippen molar-refractivity contribution in [1.29, 1.82) is 0 Å². The van der Waals surface area contributed by atoms with Gasteiger partial charge in [-0.1, -0.05) is 6.07 Å². The van der Waals surface area contributed by atoms with Gasteiger partial charge in [0.05, 0.1) is 21.7 Å². The van der Waals surface area contributed by atoms with Crippen LogP contribution in [-0.4, -0.2) is 10.8 Å². The van der Waals surface area contributed by atoms with Gasteiger partial charge in [0.25, 0.3) is 11.6 Å². The smallest absolute Gasteiger partial charge is 0.274 e. The van der Waals surface area contributed by atoms with E-state index in [1.54, 1.807) is 0 Å². The van der Waals surface area contributed by atoms with Gasteiger partial charge in [-0.3, -0.25) is 14.9 Å². The van der Waals surface area contributed by atoms with Crippen molar-refractivity contribution < 1.29 is 18.5 Å². The van der Waals surface area contributed by atoms with E-state index < -0.39 is 22.5 Å². The third kappa shape index (κ3) is 3.02. The Balaban J connectivity index is 2.32. The van der Waals surface area contributed by atoms with Crippen LogP contribution in [0.4, 0.5) is 20.2 Å². The molecule has 0 radical (unpaired) electrons. The van der Waals surface area contributed by atoms with E-state index in [4.69, 9.17) is 0 Å². The van der Waals surface area contributed by atoms with Gasteiger partial charge in [0.15, 0.2) is 0 Å². The third-order valence-electron chi connectivity index (χ3n) is 2.93. The monoisotopic (exact) mass is 292 g/mol. The number of anilines is 1. The SMILES string of the molecule is Cc1c(NC(=O)c2ccc(F)cc2F)cccc1[N+](=O)[O-]. The topological polar surface area (TPSA) is 72.2 Å². The molecule has 0 fully saturated rings. The van der Waals surface area contributed by atoms with E-state index >= 15 is 0 Å². The van der Waals surface area contributed by atoms with Crippen LogP contribution in [0.3, 0.4) is 0 Å². The lowest BCUT2D eigenvalue weighted by molar-refractivity contribution is -0.385. The number of carbonyl (C=O) groups excluding carboxylic acids is 1. The number of halogens is 2. The molecule has 2 aromatic carbocycles. The fourth-order valence-electron chi connectivity index (χ4n) is 1.82. The average molecular weight is 292 g/mol. The molecule has 0 heterocycles. The summed E-state index contributed by atoms with van der Waals surface area (Å²) < 4.78 is 26.3. The van der Waals surface area contributed by atoms with Crippen LogP contribution in [0, 0.1) is 28.7 Å². The minimum atomic E-state index is -1.00. The van der Waals surface area contributed by atoms with Crippen molar-refractivity contribution in [3.05, 3.63) is 69.3 Å². The number of nitro benzene ring substituents is 1. The first-order valence-corrected chi connectivity index (χ1v) is 5.90. The Kier molecular flexibility index (Phi) is 3.93. The number of nitrogens with zero attached hydrogens (tertiary/aromatic N) is 1. The maximum Gasteiger partial charge on any atom is 0.274 e. The van der Waals surface area contributed by atoms with Crippen LogP contribution in [0.25, 0.3) is 0 Å². The second-order valence-electron chi connectivity index (χ2n) is 4.29. The zero-order valence-electron chi connectivity index (χ0n) is 10.9. The van der Waals surface area contributed by atoms with E-state index in [-0.39, 0.29) is 22.5 Å². The maximum absolute atomic E-state index is 13.5. The zero-order chi connectivity index (χ0) is 15.6. The van der Waals surface area contributed by atoms with Gasteiger partial charge >= 0.3 is 0 Å².